The van der Waals surface area contributed by atoms with Crippen molar-refractivity contribution in [1.29, 1.82) is 0 Å². The Labute approximate surface area is 182 Å². The molecule has 1 saturated carbocycles. The predicted octanol–water partition coefficient (Wildman–Crippen LogP) is 4.70. The average molecular weight is 438 g/mol. The van der Waals surface area contributed by atoms with E-state index < -0.39 is 0 Å². The third-order valence-corrected chi connectivity index (χ3v) is 5.88. The van der Waals surface area contributed by atoms with Crippen molar-refractivity contribution in [3.05, 3.63) is 65.3 Å². The molecule has 1 fully saturated rings. The summed E-state index contributed by atoms with van der Waals surface area (Å²) in [4.78, 5) is 29.1. The summed E-state index contributed by atoms with van der Waals surface area (Å²) in [5.74, 6) is 0.0794. The monoisotopic (exact) mass is 437 g/mol. The van der Waals surface area contributed by atoms with Gasteiger partial charge in [0.15, 0.2) is 17.1 Å². The molecule has 1 aliphatic rings. The summed E-state index contributed by atoms with van der Waals surface area (Å²) >= 11 is 5.99. The molecule has 31 heavy (non-hydrogen) atoms. The first-order valence-corrected chi connectivity index (χ1v) is 10.6. The van der Waals surface area contributed by atoms with Crippen molar-refractivity contribution in [2.75, 3.05) is 0 Å². The maximum atomic E-state index is 12.6. The summed E-state index contributed by atoms with van der Waals surface area (Å²) < 4.78 is 11.2. The molecule has 3 heterocycles. The molecular formula is C23H20ClN3O4. The van der Waals surface area contributed by atoms with Gasteiger partial charge in [0.05, 0.1) is 6.20 Å². The van der Waals surface area contributed by atoms with Crippen LogP contribution >= 0.6 is 11.6 Å². The lowest BCUT2D eigenvalue weighted by Crippen LogP contribution is -2.43. The van der Waals surface area contributed by atoms with E-state index in [-0.39, 0.29) is 35.4 Å². The fourth-order valence-corrected chi connectivity index (χ4v) is 4.20. The van der Waals surface area contributed by atoms with E-state index in [0.717, 1.165) is 36.5 Å². The topological polar surface area (TPSA) is 97.4 Å². The van der Waals surface area contributed by atoms with Gasteiger partial charge in [-0.15, -0.1) is 0 Å². The zero-order valence-electron chi connectivity index (χ0n) is 16.6. The minimum absolute atomic E-state index is 0.0368. The molecule has 0 unspecified atom stereocenters. The van der Waals surface area contributed by atoms with E-state index in [2.05, 4.69) is 15.6 Å². The highest BCUT2D eigenvalue weighted by atomic mass is 35.5. The lowest BCUT2D eigenvalue weighted by Gasteiger charge is -2.29. The number of pyridine rings is 1. The van der Waals surface area contributed by atoms with Crippen LogP contribution in [-0.2, 0) is 0 Å². The van der Waals surface area contributed by atoms with Crippen LogP contribution in [0.2, 0.25) is 5.02 Å². The summed E-state index contributed by atoms with van der Waals surface area (Å²) in [5.41, 5.74) is 1.22. The van der Waals surface area contributed by atoms with Crippen LogP contribution in [0.1, 0.15) is 46.8 Å². The number of rotatable bonds is 4. The van der Waals surface area contributed by atoms with Crippen LogP contribution < -0.4 is 10.6 Å². The molecule has 0 radical (unpaired) electrons. The Morgan fingerprint density at radius 3 is 2.10 bits per heavy atom. The molecular weight excluding hydrogens is 418 g/mol. The number of hydrogen-bond acceptors (Lipinski definition) is 5. The molecule has 2 N–H and O–H groups in total. The molecule has 1 aromatic carbocycles. The number of carbonyl (C=O) groups is 2. The number of benzene rings is 1. The molecule has 8 heteroatoms. The number of nitrogens with one attached hydrogen (secondary N) is 2. The lowest BCUT2D eigenvalue weighted by atomic mass is 9.91. The molecule has 3 aromatic heterocycles. The molecule has 7 nitrogen and oxygen atoms in total. The molecule has 1 aliphatic carbocycles. The minimum atomic E-state index is -0.240. The quantitative estimate of drug-likeness (QED) is 0.482. The van der Waals surface area contributed by atoms with Gasteiger partial charge in [-0.1, -0.05) is 11.6 Å². The number of carbonyl (C=O) groups excluding carboxylic acids is 2. The van der Waals surface area contributed by atoms with Gasteiger partial charge in [0.1, 0.15) is 5.58 Å². The number of halogens is 1. The molecule has 0 spiro atoms. The molecule has 4 aromatic rings. The van der Waals surface area contributed by atoms with Gasteiger partial charge in [-0.25, -0.2) is 0 Å². The van der Waals surface area contributed by atoms with Crippen molar-refractivity contribution < 1.29 is 18.4 Å². The van der Waals surface area contributed by atoms with Crippen LogP contribution in [0.3, 0.4) is 0 Å². The fraction of sp³-hybridized carbons (Fsp3) is 0.261. The summed E-state index contributed by atoms with van der Waals surface area (Å²) in [7, 11) is 0. The number of nitrogens with zero attached hydrogens (tertiary/aromatic N) is 1. The van der Waals surface area contributed by atoms with E-state index in [9.17, 15) is 9.59 Å². The molecule has 5 rings (SSSR count). The highest BCUT2D eigenvalue weighted by Crippen LogP contribution is 2.25. The van der Waals surface area contributed by atoms with Gasteiger partial charge in [-0.2, -0.15) is 0 Å². The molecule has 0 saturated heterocycles. The van der Waals surface area contributed by atoms with E-state index in [1.54, 1.807) is 48.8 Å². The number of fused-ring (bicyclic) bond motifs is 2. The molecule has 158 valence electrons. The van der Waals surface area contributed by atoms with E-state index in [1.807, 2.05) is 0 Å². The normalized spacial score (nSPS) is 18.9. The van der Waals surface area contributed by atoms with Crippen LogP contribution in [0.4, 0.5) is 0 Å². The summed E-state index contributed by atoms with van der Waals surface area (Å²) in [6, 6.07) is 10.6. The third-order valence-electron chi connectivity index (χ3n) is 5.65. The largest absolute Gasteiger partial charge is 0.451 e. The van der Waals surface area contributed by atoms with Crippen LogP contribution in [0.25, 0.3) is 21.9 Å². The second kappa shape index (κ2) is 8.07. The van der Waals surface area contributed by atoms with E-state index in [0.29, 0.717) is 16.2 Å². The van der Waals surface area contributed by atoms with Gasteiger partial charge in [0.25, 0.3) is 11.8 Å². The zero-order chi connectivity index (χ0) is 21.4. The Morgan fingerprint density at radius 2 is 1.45 bits per heavy atom. The Kier molecular flexibility index (Phi) is 5.11. The van der Waals surface area contributed by atoms with Crippen LogP contribution in [-0.4, -0.2) is 28.9 Å². The summed E-state index contributed by atoms with van der Waals surface area (Å²) in [6.07, 6.45) is 6.34. The molecule has 0 atom stereocenters. The number of aromatic nitrogens is 1. The summed E-state index contributed by atoms with van der Waals surface area (Å²) in [5, 5.41) is 8.30. The minimum Gasteiger partial charge on any atom is -0.451 e. The second-order valence-electron chi connectivity index (χ2n) is 7.81. The first-order chi connectivity index (χ1) is 15.0. The Balaban J connectivity index is 1.15. The van der Waals surface area contributed by atoms with Crippen molar-refractivity contribution in [3.8, 4) is 0 Å². The zero-order valence-corrected chi connectivity index (χ0v) is 17.3. The highest BCUT2D eigenvalue weighted by molar-refractivity contribution is 6.31. The van der Waals surface area contributed by atoms with Crippen LogP contribution in [0.15, 0.2) is 57.6 Å². The van der Waals surface area contributed by atoms with Crippen molar-refractivity contribution in [2.45, 2.75) is 37.8 Å². The number of amides is 2. The number of hydrogen-bond donors (Lipinski definition) is 2. The first-order valence-electron chi connectivity index (χ1n) is 10.2. The second-order valence-corrected chi connectivity index (χ2v) is 8.25. The molecule has 0 bridgehead atoms. The van der Waals surface area contributed by atoms with Crippen molar-refractivity contribution in [1.82, 2.24) is 15.6 Å². The maximum absolute atomic E-state index is 12.6. The molecule has 0 aliphatic heterocycles. The number of furan rings is 2. The Hall–Kier alpha value is -3.32. The Bertz CT molecular complexity index is 1240. The van der Waals surface area contributed by atoms with Crippen molar-refractivity contribution in [3.63, 3.8) is 0 Å². The predicted molar refractivity (Wildman–Crippen MR) is 116 cm³/mol. The van der Waals surface area contributed by atoms with E-state index in [4.69, 9.17) is 20.4 Å². The van der Waals surface area contributed by atoms with Gasteiger partial charge in [-0.3, -0.25) is 14.6 Å². The molecule has 2 amide bonds. The van der Waals surface area contributed by atoms with Gasteiger partial charge < -0.3 is 19.5 Å². The van der Waals surface area contributed by atoms with Gasteiger partial charge in [0, 0.05) is 34.1 Å². The van der Waals surface area contributed by atoms with Gasteiger partial charge in [-0.05, 0) is 62.1 Å². The van der Waals surface area contributed by atoms with Crippen LogP contribution in [0, 0.1) is 0 Å². The van der Waals surface area contributed by atoms with Gasteiger partial charge >= 0.3 is 0 Å². The standard InChI is InChI=1S/C23H20ClN3O4/c24-15-1-6-18-14(9-15)11-20(30-18)23(29)27-17-4-2-16(3-5-17)26-22(28)19-10-13-7-8-25-12-21(13)31-19/h1,6-12,16-17H,2-5H2,(H,26,28)(H,27,29). The van der Waals surface area contributed by atoms with Crippen molar-refractivity contribution in [2.24, 2.45) is 0 Å². The van der Waals surface area contributed by atoms with E-state index >= 15 is 0 Å². The smallest absolute Gasteiger partial charge is 0.287 e. The fourth-order valence-electron chi connectivity index (χ4n) is 4.02. The van der Waals surface area contributed by atoms with Gasteiger partial charge in [0.2, 0.25) is 0 Å². The first kappa shape index (κ1) is 19.6. The third kappa shape index (κ3) is 4.14. The SMILES string of the molecule is O=C(NC1CCC(NC(=O)c2cc3ccncc3o2)CC1)c1cc2cc(Cl)ccc2o1. The highest BCUT2D eigenvalue weighted by Gasteiger charge is 2.26. The average Bonchev–Trinajstić information content (AvgIpc) is 3.39. The lowest BCUT2D eigenvalue weighted by molar-refractivity contribution is 0.0866. The Morgan fingerprint density at radius 1 is 0.839 bits per heavy atom. The summed E-state index contributed by atoms with van der Waals surface area (Å²) in [6.45, 7) is 0. The maximum Gasteiger partial charge on any atom is 0.287 e. The van der Waals surface area contributed by atoms with E-state index in [1.165, 1.54) is 0 Å². The van der Waals surface area contributed by atoms with Crippen LogP contribution in [0.5, 0.6) is 0 Å². The van der Waals surface area contributed by atoms with Crippen molar-refractivity contribution >= 4 is 45.4 Å².